The number of fused-ring (bicyclic) bond motifs is 1. The lowest BCUT2D eigenvalue weighted by Gasteiger charge is -2.19. The Hall–Kier alpha value is -1.58. The fraction of sp³-hybridized carbons (Fsp3) is 0.583. The maximum atomic E-state index is 11.5. The SMILES string of the molecule is CCOCC(Cn1cnc2c(N)ncnc21)OCP(=O)(O)OC. The second kappa shape index (κ2) is 7.80. The molecule has 2 unspecified atom stereocenters. The van der Waals surface area contributed by atoms with Gasteiger partial charge in [0.2, 0.25) is 0 Å². The van der Waals surface area contributed by atoms with Gasteiger partial charge in [-0.15, -0.1) is 0 Å². The van der Waals surface area contributed by atoms with Crippen molar-refractivity contribution in [3.8, 4) is 0 Å². The van der Waals surface area contributed by atoms with E-state index in [9.17, 15) is 9.46 Å². The molecular formula is C12H20N5O5P. The molecule has 0 aliphatic rings. The van der Waals surface area contributed by atoms with Crippen LogP contribution in [0.2, 0.25) is 0 Å². The van der Waals surface area contributed by atoms with Crippen LogP contribution in [0.25, 0.3) is 11.2 Å². The Bertz CT molecular complexity index is 694. The number of imidazole rings is 1. The molecule has 0 aromatic carbocycles. The van der Waals surface area contributed by atoms with Gasteiger partial charge in [0.1, 0.15) is 18.2 Å². The van der Waals surface area contributed by atoms with Gasteiger partial charge in [0.15, 0.2) is 11.5 Å². The zero-order chi connectivity index (χ0) is 16.9. The summed E-state index contributed by atoms with van der Waals surface area (Å²) in [6.45, 7) is 2.93. The lowest BCUT2D eigenvalue weighted by Crippen LogP contribution is -2.26. The topological polar surface area (TPSA) is 135 Å². The predicted molar refractivity (Wildman–Crippen MR) is 82.8 cm³/mol. The minimum Gasteiger partial charge on any atom is -0.382 e. The zero-order valence-corrected chi connectivity index (χ0v) is 13.8. The monoisotopic (exact) mass is 345 g/mol. The molecule has 2 rings (SSSR count). The van der Waals surface area contributed by atoms with Crippen molar-refractivity contribution in [2.24, 2.45) is 0 Å². The second-order valence-corrected chi connectivity index (χ2v) is 6.62. The van der Waals surface area contributed by atoms with Gasteiger partial charge in [-0.05, 0) is 6.92 Å². The molecule has 0 saturated carbocycles. The zero-order valence-electron chi connectivity index (χ0n) is 13.0. The molecule has 0 fully saturated rings. The minimum atomic E-state index is -3.75. The number of nitrogens with two attached hydrogens (primary N) is 1. The maximum absolute atomic E-state index is 11.5. The summed E-state index contributed by atoms with van der Waals surface area (Å²) in [5, 5.41) is 0. The van der Waals surface area contributed by atoms with E-state index in [0.29, 0.717) is 24.3 Å². The molecule has 128 valence electrons. The third-order valence-corrected chi connectivity index (χ3v) is 4.14. The maximum Gasteiger partial charge on any atom is 0.353 e. The molecule has 0 amide bonds. The summed E-state index contributed by atoms with van der Waals surface area (Å²) >= 11 is 0. The van der Waals surface area contributed by atoms with E-state index in [1.807, 2.05) is 6.92 Å². The van der Waals surface area contributed by atoms with Crippen LogP contribution in [-0.2, 0) is 25.1 Å². The quantitative estimate of drug-likeness (QED) is 0.627. The van der Waals surface area contributed by atoms with E-state index in [0.717, 1.165) is 7.11 Å². The Balaban J connectivity index is 2.12. The van der Waals surface area contributed by atoms with E-state index < -0.39 is 20.0 Å². The van der Waals surface area contributed by atoms with Crippen LogP contribution in [0, 0.1) is 0 Å². The number of nitrogen functional groups attached to an aromatic ring is 1. The van der Waals surface area contributed by atoms with Crippen molar-refractivity contribution in [1.82, 2.24) is 19.5 Å². The van der Waals surface area contributed by atoms with Crippen molar-refractivity contribution >= 4 is 24.6 Å². The summed E-state index contributed by atoms with van der Waals surface area (Å²) in [6.07, 6.45) is 2.01. The summed E-state index contributed by atoms with van der Waals surface area (Å²) in [7, 11) is -2.60. The molecule has 0 spiro atoms. The molecule has 3 N–H and O–H groups in total. The Morgan fingerprint density at radius 2 is 2.22 bits per heavy atom. The molecule has 2 aromatic rings. The smallest absolute Gasteiger partial charge is 0.353 e. The third-order valence-electron chi connectivity index (χ3n) is 3.10. The fourth-order valence-corrected chi connectivity index (χ4v) is 2.41. The highest BCUT2D eigenvalue weighted by molar-refractivity contribution is 7.52. The van der Waals surface area contributed by atoms with Crippen LogP contribution in [0.3, 0.4) is 0 Å². The van der Waals surface area contributed by atoms with Crippen LogP contribution in [0.4, 0.5) is 5.82 Å². The Morgan fingerprint density at radius 1 is 1.43 bits per heavy atom. The van der Waals surface area contributed by atoms with Gasteiger partial charge in [0.25, 0.3) is 0 Å². The molecule has 2 heterocycles. The van der Waals surface area contributed by atoms with E-state index in [4.69, 9.17) is 15.2 Å². The molecule has 0 bridgehead atoms. The van der Waals surface area contributed by atoms with Gasteiger partial charge in [0.05, 0.1) is 25.6 Å². The molecule has 0 aliphatic carbocycles. The first kappa shape index (κ1) is 17.8. The average Bonchev–Trinajstić information content (AvgIpc) is 2.94. The van der Waals surface area contributed by atoms with Crippen LogP contribution < -0.4 is 5.73 Å². The van der Waals surface area contributed by atoms with Crippen LogP contribution in [-0.4, -0.2) is 57.2 Å². The third kappa shape index (κ3) is 4.69. The summed E-state index contributed by atoms with van der Waals surface area (Å²) in [6, 6.07) is 0. The van der Waals surface area contributed by atoms with Crippen molar-refractivity contribution in [2.45, 2.75) is 19.6 Å². The van der Waals surface area contributed by atoms with Crippen LogP contribution >= 0.6 is 7.60 Å². The first-order chi connectivity index (χ1) is 11.0. The highest BCUT2D eigenvalue weighted by Gasteiger charge is 2.22. The number of rotatable bonds is 9. The van der Waals surface area contributed by atoms with Gasteiger partial charge in [-0.25, -0.2) is 15.0 Å². The molecule has 2 aromatic heterocycles. The highest BCUT2D eigenvalue weighted by Crippen LogP contribution is 2.40. The molecule has 23 heavy (non-hydrogen) atoms. The second-order valence-electron chi connectivity index (χ2n) is 4.73. The molecule has 0 aliphatic heterocycles. The van der Waals surface area contributed by atoms with Crippen LogP contribution in [0.1, 0.15) is 6.92 Å². The summed E-state index contributed by atoms with van der Waals surface area (Å²) in [5.74, 6) is 0.287. The van der Waals surface area contributed by atoms with Gasteiger partial charge < -0.3 is 29.2 Å². The van der Waals surface area contributed by atoms with Gasteiger partial charge in [-0.2, -0.15) is 0 Å². The molecule has 2 atom stereocenters. The number of ether oxygens (including phenoxy) is 2. The van der Waals surface area contributed by atoms with Crippen molar-refractivity contribution in [3.05, 3.63) is 12.7 Å². The van der Waals surface area contributed by atoms with Crippen molar-refractivity contribution < 1.29 is 23.5 Å². The van der Waals surface area contributed by atoms with E-state index in [1.165, 1.54) is 6.33 Å². The van der Waals surface area contributed by atoms with Crippen molar-refractivity contribution in [1.29, 1.82) is 0 Å². The fourth-order valence-electron chi connectivity index (χ4n) is 1.91. The van der Waals surface area contributed by atoms with E-state index >= 15 is 0 Å². The van der Waals surface area contributed by atoms with Gasteiger partial charge in [-0.3, -0.25) is 4.57 Å². The Morgan fingerprint density at radius 3 is 2.91 bits per heavy atom. The van der Waals surface area contributed by atoms with E-state index in [2.05, 4.69) is 19.5 Å². The van der Waals surface area contributed by atoms with Crippen LogP contribution in [0.15, 0.2) is 12.7 Å². The lowest BCUT2D eigenvalue weighted by molar-refractivity contribution is -0.00893. The van der Waals surface area contributed by atoms with Gasteiger partial charge in [0, 0.05) is 13.7 Å². The van der Waals surface area contributed by atoms with Gasteiger partial charge in [-0.1, -0.05) is 0 Å². The number of nitrogens with zero attached hydrogens (tertiary/aromatic N) is 4. The minimum absolute atomic E-state index is 0.250. The first-order valence-corrected chi connectivity index (χ1v) is 8.71. The van der Waals surface area contributed by atoms with Crippen molar-refractivity contribution in [2.75, 3.05) is 32.4 Å². The first-order valence-electron chi connectivity index (χ1n) is 6.95. The average molecular weight is 345 g/mol. The van der Waals surface area contributed by atoms with Crippen molar-refractivity contribution in [3.63, 3.8) is 0 Å². The molecule has 0 saturated heterocycles. The standard InChI is InChI=1S/C12H20N5O5P/c1-3-21-5-9(22-8-23(18,19)20-2)4-17-7-16-10-11(13)14-6-15-12(10)17/h6-7,9H,3-5,8H2,1-2H3,(H,18,19)(H2,13,14,15). The van der Waals surface area contributed by atoms with Crippen LogP contribution in [0.5, 0.6) is 0 Å². The normalized spacial score (nSPS) is 15.6. The number of hydrogen-bond acceptors (Lipinski definition) is 8. The Kier molecular flexibility index (Phi) is 6.03. The summed E-state index contributed by atoms with van der Waals surface area (Å²) in [4.78, 5) is 21.6. The summed E-state index contributed by atoms with van der Waals surface area (Å²) in [5.41, 5.74) is 6.79. The predicted octanol–water partition coefficient (Wildman–Crippen LogP) is 0.619. The molecular weight excluding hydrogens is 325 g/mol. The summed E-state index contributed by atoms with van der Waals surface area (Å²) < 4.78 is 28.6. The number of anilines is 1. The molecule has 11 heteroatoms. The lowest BCUT2D eigenvalue weighted by atomic mass is 10.3. The highest BCUT2D eigenvalue weighted by atomic mass is 31.2. The largest absolute Gasteiger partial charge is 0.382 e. The van der Waals surface area contributed by atoms with E-state index in [-0.39, 0.29) is 12.4 Å². The van der Waals surface area contributed by atoms with E-state index in [1.54, 1.807) is 10.9 Å². The molecule has 10 nitrogen and oxygen atoms in total. The van der Waals surface area contributed by atoms with Gasteiger partial charge >= 0.3 is 7.60 Å². The number of aromatic nitrogens is 4. The molecule has 0 radical (unpaired) electrons. The number of hydrogen-bond donors (Lipinski definition) is 2. The Labute approximate surface area is 133 Å².